The maximum absolute atomic E-state index is 9.39. The highest BCUT2D eigenvalue weighted by molar-refractivity contribution is 6.28. The Morgan fingerprint density at radius 3 is 1.98 bits per heavy atom. The molecule has 0 aromatic heterocycles. The summed E-state index contributed by atoms with van der Waals surface area (Å²) < 4.78 is 0. The molecule has 0 radical (unpaired) electrons. The average Bonchev–Trinajstić information content (AvgIpc) is 3.50. The summed E-state index contributed by atoms with van der Waals surface area (Å²) in [5.74, 6) is 0. The monoisotopic (exact) mass is 541 g/mol. The summed E-state index contributed by atoms with van der Waals surface area (Å²) in [5.41, 5.74) is 7.87. The van der Waals surface area contributed by atoms with Crippen LogP contribution >= 0.6 is 0 Å². The van der Waals surface area contributed by atoms with E-state index in [4.69, 9.17) is 0 Å². The molecule has 0 amide bonds. The van der Waals surface area contributed by atoms with Gasteiger partial charge in [0.15, 0.2) is 0 Å². The molecule has 7 aromatic rings. The zero-order valence-corrected chi connectivity index (χ0v) is 23.9. The number of fused-ring (bicyclic) bond motifs is 1. The fraction of sp³-hybridized carbons (Fsp3) is 0.103. The van der Waals surface area contributed by atoms with Gasteiger partial charge in [-0.2, -0.15) is 5.26 Å². The molecule has 0 atom stereocenters. The van der Waals surface area contributed by atoms with Gasteiger partial charge in [0.2, 0.25) is 0 Å². The minimum absolute atomic E-state index is 0.656. The molecule has 0 unspecified atom stereocenters. The van der Waals surface area contributed by atoms with E-state index in [1.54, 1.807) is 0 Å². The van der Waals surface area contributed by atoms with Crippen LogP contribution in [0.25, 0.3) is 32.3 Å². The lowest BCUT2D eigenvalue weighted by Gasteiger charge is -2.28. The fourth-order valence-electron chi connectivity index (χ4n) is 6.48. The van der Waals surface area contributed by atoms with Gasteiger partial charge in [-0.05, 0) is 88.1 Å². The Balaban J connectivity index is 0.00000141. The average molecular weight is 542 g/mol. The van der Waals surface area contributed by atoms with Crippen molar-refractivity contribution in [2.75, 3.05) is 16.3 Å². The minimum Gasteiger partial charge on any atom is -0.340 e. The van der Waals surface area contributed by atoms with Gasteiger partial charge in [-0.1, -0.05) is 86.6 Å². The first-order valence-corrected chi connectivity index (χ1v) is 14.7. The Labute approximate surface area is 246 Å². The Kier molecular flexibility index (Phi) is 6.45. The van der Waals surface area contributed by atoms with Crippen molar-refractivity contribution in [3.05, 3.63) is 139 Å². The quantitative estimate of drug-likeness (QED) is 0.208. The molecule has 0 saturated carbocycles. The summed E-state index contributed by atoms with van der Waals surface area (Å²) in [4.78, 5) is 4.78. The maximum atomic E-state index is 9.39. The SMILES string of the molecule is CC.N#Cc1ccc(N(c2ccccc2)c2ccc3ccc4c(N5CCc6ccccc65)ccc5ccc2c3c54)cc1. The van der Waals surface area contributed by atoms with Gasteiger partial charge in [-0.25, -0.2) is 0 Å². The van der Waals surface area contributed by atoms with Gasteiger partial charge < -0.3 is 9.80 Å². The van der Waals surface area contributed by atoms with E-state index in [2.05, 4.69) is 113 Å². The van der Waals surface area contributed by atoms with Crippen LogP contribution in [0.3, 0.4) is 0 Å². The molecule has 0 spiro atoms. The van der Waals surface area contributed by atoms with Gasteiger partial charge in [-0.15, -0.1) is 0 Å². The fourth-order valence-corrected chi connectivity index (χ4v) is 6.48. The van der Waals surface area contributed by atoms with Crippen molar-refractivity contribution in [1.82, 2.24) is 0 Å². The molecule has 8 rings (SSSR count). The van der Waals surface area contributed by atoms with Crippen molar-refractivity contribution in [3.8, 4) is 6.07 Å². The van der Waals surface area contributed by atoms with Crippen molar-refractivity contribution in [3.63, 3.8) is 0 Å². The Morgan fingerprint density at radius 1 is 0.595 bits per heavy atom. The van der Waals surface area contributed by atoms with Crippen LogP contribution in [-0.4, -0.2) is 6.54 Å². The molecule has 0 saturated heterocycles. The number of hydrogen-bond acceptors (Lipinski definition) is 3. The molecular formula is C39H31N3. The second-order valence-electron chi connectivity index (χ2n) is 10.5. The van der Waals surface area contributed by atoms with Crippen molar-refractivity contribution >= 4 is 60.8 Å². The van der Waals surface area contributed by atoms with Gasteiger partial charge in [0.05, 0.1) is 17.3 Å². The molecule has 1 aliphatic heterocycles. The molecule has 0 N–H and O–H groups in total. The van der Waals surface area contributed by atoms with Crippen LogP contribution in [0.15, 0.2) is 127 Å². The third-order valence-corrected chi connectivity index (χ3v) is 8.31. The molecule has 7 aromatic carbocycles. The number of para-hydroxylation sites is 2. The lowest BCUT2D eigenvalue weighted by Crippen LogP contribution is -2.13. The third-order valence-electron chi connectivity index (χ3n) is 8.31. The number of hydrogen-bond donors (Lipinski definition) is 0. The molecular weight excluding hydrogens is 510 g/mol. The van der Waals surface area contributed by atoms with E-state index < -0.39 is 0 Å². The molecule has 3 heteroatoms. The van der Waals surface area contributed by atoms with Crippen LogP contribution in [0.1, 0.15) is 25.0 Å². The van der Waals surface area contributed by atoms with Crippen LogP contribution in [0.4, 0.5) is 28.4 Å². The topological polar surface area (TPSA) is 30.3 Å². The van der Waals surface area contributed by atoms with Crippen LogP contribution in [0.2, 0.25) is 0 Å². The summed E-state index contributed by atoms with van der Waals surface area (Å²) in [6.45, 7) is 5.00. The predicted octanol–water partition coefficient (Wildman–Crippen LogP) is 10.6. The first-order chi connectivity index (χ1) is 20.8. The van der Waals surface area contributed by atoms with E-state index in [1.165, 1.54) is 49.3 Å². The zero-order chi connectivity index (χ0) is 28.6. The van der Waals surface area contributed by atoms with Crippen molar-refractivity contribution in [1.29, 1.82) is 5.26 Å². The zero-order valence-electron chi connectivity index (χ0n) is 23.9. The van der Waals surface area contributed by atoms with Gasteiger partial charge >= 0.3 is 0 Å². The highest BCUT2D eigenvalue weighted by atomic mass is 15.2. The number of anilines is 5. The van der Waals surface area contributed by atoms with E-state index in [-0.39, 0.29) is 0 Å². The van der Waals surface area contributed by atoms with Gasteiger partial charge in [-0.3, -0.25) is 0 Å². The van der Waals surface area contributed by atoms with Crippen molar-refractivity contribution < 1.29 is 0 Å². The number of rotatable bonds is 4. The lowest BCUT2D eigenvalue weighted by atomic mass is 9.92. The van der Waals surface area contributed by atoms with Crippen LogP contribution in [0, 0.1) is 11.3 Å². The number of nitriles is 1. The summed E-state index contributed by atoms with van der Waals surface area (Å²) in [6.07, 6.45) is 1.07. The second kappa shape index (κ2) is 10.6. The number of benzene rings is 7. The standard InChI is InChI=1S/C37H25N3.C2H6/c38-24-25-10-16-30(17-11-25)40(29-7-2-1-3-8-29)35-21-15-28-12-18-31-34(39-23-22-26-6-4-5-9-33(26)39)20-14-27-13-19-32(35)37(28)36(27)31;1-2/h1-21H,22-23H2;1-2H3. The van der Waals surface area contributed by atoms with Gasteiger partial charge in [0, 0.05) is 40.1 Å². The molecule has 0 bridgehead atoms. The Bertz CT molecular complexity index is 2070. The van der Waals surface area contributed by atoms with E-state index in [0.717, 1.165) is 30.0 Å². The molecule has 42 heavy (non-hydrogen) atoms. The van der Waals surface area contributed by atoms with Crippen molar-refractivity contribution in [2.24, 2.45) is 0 Å². The summed E-state index contributed by atoms with van der Waals surface area (Å²) >= 11 is 0. The smallest absolute Gasteiger partial charge is 0.0991 e. The summed E-state index contributed by atoms with van der Waals surface area (Å²) in [6, 6.07) is 47.5. The first kappa shape index (κ1) is 25.6. The van der Waals surface area contributed by atoms with Crippen LogP contribution in [-0.2, 0) is 6.42 Å². The molecule has 3 nitrogen and oxygen atoms in total. The highest BCUT2D eigenvalue weighted by Gasteiger charge is 2.24. The Hall–Kier alpha value is -5.33. The molecule has 1 heterocycles. The highest BCUT2D eigenvalue weighted by Crippen LogP contribution is 2.46. The predicted molar refractivity (Wildman–Crippen MR) is 178 cm³/mol. The number of nitrogens with zero attached hydrogens (tertiary/aromatic N) is 3. The molecule has 202 valence electrons. The van der Waals surface area contributed by atoms with E-state index in [0.29, 0.717) is 5.56 Å². The van der Waals surface area contributed by atoms with E-state index in [9.17, 15) is 5.26 Å². The molecule has 0 fully saturated rings. The summed E-state index contributed by atoms with van der Waals surface area (Å²) in [5, 5.41) is 17.0. The van der Waals surface area contributed by atoms with Crippen LogP contribution in [0.5, 0.6) is 0 Å². The lowest BCUT2D eigenvalue weighted by molar-refractivity contribution is 1.00. The second-order valence-corrected chi connectivity index (χ2v) is 10.5. The first-order valence-electron chi connectivity index (χ1n) is 14.7. The van der Waals surface area contributed by atoms with E-state index >= 15 is 0 Å². The van der Waals surface area contributed by atoms with Crippen LogP contribution < -0.4 is 9.80 Å². The normalized spacial score (nSPS) is 12.3. The van der Waals surface area contributed by atoms with Gasteiger partial charge in [0.25, 0.3) is 0 Å². The van der Waals surface area contributed by atoms with Gasteiger partial charge in [0.1, 0.15) is 0 Å². The molecule has 0 aliphatic carbocycles. The third kappa shape index (κ3) is 4.04. The maximum Gasteiger partial charge on any atom is 0.0991 e. The van der Waals surface area contributed by atoms with Crippen molar-refractivity contribution in [2.45, 2.75) is 20.3 Å². The minimum atomic E-state index is 0.656. The molecule has 1 aliphatic rings. The van der Waals surface area contributed by atoms with E-state index in [1.807, 2.05) is 44.2 Å². The summed E-state index contributed by atoms with van der Waals surface area (Å²) in [7, 11) is 0. The largest absolute Gasteiger partial charge is 0.340 e. The Morgan fingerprint density at radius 2 is 1.21 bits per heavy atom.